The van der Waals surface area contributed by atoms with Crippen molar-refractivity contribution in [2.24, 2.45) is 5.10 Å². The van der Waals surface area contributed by atoms with E-state index in [2.05, 4.69) is 31.0 Å². The monoisotopic (exact) mass is 594 g/mol. The van der Waals surface area contributed by atoms with Crippen LogP contribution in [0.5, 0.6) is 5.75 Å². The first-order valence-corrected chi connectivity index (χ1v) is 13.9. The van der Waals surface area contributed by atoms with E-state index in [0.29, 0.717) is 11.4 Å². The number of rotatable bonds is 9. The maximum atomic E-state index is 13.5. The van der Waals surface area contributed by atoms with Gasteiger partial charge in [-0.2, -0.15) is 5.10 Å². The van der Waals surface area contributed by atoms with Crippen LogP contribution in [0.4, 0.5) is 5.69 Å². The van der Waals surface area contributed by atoms with Crippen LogP contribution in [0, 0.1) is 13.8 Å². The molecule has 4 aromatic rings. The molecule has 38 heavy (non-hydrogen) atoms. The zero-order valence-corrected chi connectivity index (χ0v) is 23.5. The van der Waals surface area contributed by atoms with Gasteiger partial charge in [-0.3, -0.25) is 9.10 Å². The molecular formula is C28H27BrN4O4S. The summed E-state index contributed by atoms with van der Waals surface area (Å²) in [5, 5.41) is 4.11. The van der Waals surface area contributed by atoms with E-state index in [1.807, 2.05) is 44.2 Å². The molecule has 4 rings (SSSR count). The number of nitrogens with zero attached hydrogens (tertiary/aromatic N) is 3. The SMILES string of the molecule is COc1ccc(S(=O)(=O)N(CC(=O)N/N=C\c2cc(C)n(-c3cccc(Br)c3)c2C)c2ccccc2)cc1. The van der Waals surface area contributed by atoms with Crippen molar-refractivity contribution in [3.63, 3.8) is 0 Å². The number of ether oxygens (including phenoxy) is 1. The molecule has 0 bridgehead atoms. The Bertz CT molecular complexity index is 1570. The zero-order chi connectivity index (χ0) is 27.3. The van der Waals surface area contributed by atoms with Gasteiger partial charge in [0.25, 0.3) is 15.9 Å². The van der Waals surface area contributed by atoms with Crippen LogP contribution in [0.3, 0.4) is 0 Å². The highest BCUT2D eigenvalue weighted by Crippen LogP contribution is 2.25. The van der Waals surface area contributed by atoms with Crippen LogP contribution in [-0.4, -0.2) is 38.8 Å². The quantitative estimate of drug-likeness (QED) is 0.213. The molecular weight excluding hydrogens is 568 g/mol. The number of methoxy groups -OCH3 is 1. The first kappa shape index (κ1) is 27.2. The number of amides is 1. The highest BCUT2D eigenvalue weighted by atomic mass is 79.9. The van der Waals surface area contributed by atoms with Gasteiger partial charge in [-0.05, 0) is 74.5 Å². The van der Waals surface area contributed by atoms with Gasteiger partial charge < -0.3 is 9.30 Å². The predicted octanol–water partition coefficient (Wildman–Crippen LogP) is 5.21. The number of aryl methyl sites for hydroxylation is 1. The largest absolute Gasteiger partial charge is 0.497 e. The zero-order valence-electron chi connectivity index (χ0n) is 21.1. The molecule has 0 atom stereocenters. The summed E-state index contributed by atoms with van der Waals surface area (Å²) in [6.07, 6.45) is 1.56. The minimum absolute atomic E-state index is 0.0402. The number of para-hydroxylation sites is 1. The molecule has 0 spiro atoms. The minimum Gasteiger partial charge on any atom is -0.497 e. The van der Waals surface area contributed by atoms with Gasteiger partial charge in [0, 0.05) is 27.1 Å². The summed E-state index contributed by atoms with van der Waals surface area (Å²) in [4.78, 5) is 12.9. The number of hydrazone groups is 1. The number of hydrogen-bond donors (Lipinski definition) is 1. The third-order valence-electron chi connectivity index (χ3n) is 5.91. The molecule has 0 radical (unpaired) electrons. The van der Waals surface area contributed by atoms with Crippen molar-refractivity contribution in [2.45, 2.75) is 18.7 Å². The number of benzene rings is 3. The average molecular weight is 596 g/mol. The lowest BCUT2D eigenvalue weighted by molar-refractivity contribution is -0.119. The number of carbonyl (C=O) groups is 1. The number of hydrogen-bond acceptors (Lipinski definition) is 5. The smallest absolute Gasteiger partial charge is 0.264 e. The van der Waals surface area contributed by atoms with Crippen LogP contribution in [-0.2, 0) is 14.8 Å². The van der Waals surface area contributed by atoms with Crippen LogP contribution in [0.1, 0.15) is 17.0 Å². The molecule has 1 aromatic heterocycles. The van der Waals surface area contributed by atoms with Crippen LogP contribution < -0.4 is 14.5 Å². The Morgan fingerprint density at radius 3 is 2.39 bits per heavy atom. The van der Waals surface area contributed by atoms with Crippen molar-refractivity contribution in [3.8, 4) is 11.4 Å². The van der Waals surface area contributed by atoms with Crippen molar-refractivity contribution in [1.29, 1.82) is 0 Å². The average Bonchev–Trinajstić information content (AvgIpc) is 3.20. The summed E-state index contributed by atoms with van der Waals surface area (Å²) < 4.78 is 36.2. The normalized spacial score (nSPS) is 11.5. The standard InChI is InChI=1S/C28H27BrN4O4S/c1-20-16-22(21(2)33(20)25-11-7-8-23(29)17-25)18-30-31-28(34)19-32(24-9-5-4-6-10-24)38(35,36)27-14-12-26(37-3)13-15-27/h4-18H,19H2,1-3H3,(H,31,34)/b30-18-. The molecule has 0 fully saturated rings. The maximum Gasteiger partial charge on any atom is 0.264 e. The van der Waals surface area contributed by atoms with E-state index in [-0.39, 0.29) is 4.90 Å². The van der Waals surface area contributed by atoms with Crippen molar-refractivity contribution in [3.05, 3.63) is 106 Å². The van der Waals surface area contributed by atoms with Gasteiger partial charge >= 0.3 is 0 Å². The molecule has 1 amide bonds. The van der Waals surface area contributed by atoms with Gasteiger partial charge in [0.15, 0.2) is 0 Å². The summed E-state index contributed by atoms with van der Waals surface area (Å²) in [7, 11) is -2.53. The Labute approximate surface area is 230 Å². The van der Waals surface area contributed by atoms with E-state index < -0.39 is 22.5 Å². The Balaban J connectivity index is 1.53. The Kier molecular flexibility index (Phi) is 8.33. The van der Waals surface area contributed by atoms with Gasteiger partial charge in [0.2, 0.25) is 0 Å². The molecule has 0 saturated heterocycles. The molecule has 3 aromatic carbocycles. The first-order chi connectivity index (χ1) is 18.2. The number of carbonyl (C=O) groups excluding carboxylic acids is 1. The van der Waals surface area contributed by atoms with E-state index in [4.69, 9.17) is 4.74 Å². The molecule has 196 valence electrons. The van der Waals surface area contributed by atoms with Gasteiger partial charge in [0.1, 0.15) is 12.3 Å². The van der Waals surface area contributed by atoms with Crippen molar-refractivity contribution in [2.75, 3.05) is 18.0 Å². The third-order valence-corrected chi connectivity index (χ3v) is 8.19. The van der Waals surface area contributed by atoms with Crippen molar-refractivity contribution < 1.29 is 17.9 Å². The van der Waals surface area contributed by atoms with Crippen molar-refractivity contribution >= 4 is 43.8 Å². The topological polar surface area (TPSA) is 93.0 Å². The fourth-order valence-corrected chi connectivity index (χ4v) is 5.86. The molecule has 0 unspecified atom stereocenters. The second-order valence-electron chi connectivity index (χ2n) is 8.46. The first-order valence-electron chi connectivity index (χ1n) is 11.7. The van der Waals surface area contributed by atoms with Gasteiger partial charge in [-0.25, -0.2) is 13.8 Å². The van der Waals surface area contributed by atoms with E-state index in [1.54, 1.807) is 48.7 Å². The number of halogens is 1. The van der Waals surface area contributed by atoms with E-state index in [9.17, 15) is 13.2 Å². The molecule has 1 N–H and O–H groups in total. The molecule has 0 aliphatic carbocycles. The molecule has 8 nitrogen and oxygen atoms in total. The van der Waals surface area contributed by atoms with E-state index >= 15 is 0 Å². The number of aromatic nitrogens is 1. The molecule has 0 aliphatic heterocycles. The number of nitrogens with one attached hydrogen (secondary N) is 1. The number of anilines is 1. The molecule has 10 heteroatoms. The Morgan fingerprint density at radius 1 is 1.03 bits per heavy atom. The summed E-state index contributed by atoms with van der Waals surface area (Å²) in [5.41, 5.74) is 6.61. The highest BCUT2D eigenvalue weighted by Gasteiger charge is 2.27. The molecule has 0 saturated carbocycles. The summed E-state index contributed by atoms with van der Waals surface area (Å²) in [6.45, 7) is 3.51. The van der Waals surface area contributed by atoms with Gasteiger partial charge in [-0.1, -0.05) is 40.2 Å². The van der Waals surface area contributed by atoms with Crippen LogP contribution in [0.25, 0.3) is 5.69 Å². The highest BCUT2D eigenvalue weighted by molar-refractivity contribution is 9.10. The summed E-state index contributed by atoms with van der Waals surface area (Å²) in [5.74, 6) is -0.0514. The molecule has 0 aliphatic rings. The van der Waals surface area contributed by atoms with Gasteiger partial charge in [-0.15, -0.1) is 0 Å². The minimum atomic E-state index is -4.04. The Hall–Kier alpha value is -3.89. The second kappa shape index (κ2) is 11.7. The van der Waals surface area contributed by atoms with Crippen LogP contribution in [0.15, 0.2) is 99.4 Å². The third kappa shape index (κ3) is 5.98. The lowest BCUT2D eigenvalue weighted by Crippen LogP contribution is -2.39. The van der Waals surface area contributed by atoms with Crippen LogP contribution >= 0.6 is 15.9 Å². The lowest BCUT2D eigenvalue weighted by atomic mass is 10.2. The fraction of sp³-hybridized carbons (Fsp3) is 0.143. The van der Waals surface area contributed by atoms with E-state index in [0.717, 1.165) is 31.4 Å². The maximum absolute atomic E-state index is 13.5. The van der Waals surface area contributed by atoms with Crippen LogP contribution in [0.2, 0.25) is 0 Å². The van der Waals surface area contributed by atoms with Crippen molar-refractivity contribution in [1.82, 2.24) is 9.99 Å². The lowest BCUT2D eigenvalue weighted by Gasteiger charge is -2.23. The van der Waals surface area contributed by atoms with E-state index in [1.165, 1.54) is 19.2 Å². The predicted molar refractivity (Wildman–Crippen MR) is 153 cm³/mol. The number of sulfonamides is 1. The summed E-state index contributed by atoms with van der Waals surface area (Å²) in [6, 6.07) is 24.4. The fourth-order valence-electron chi connectivity index (χ4n) is 4.05. The second-order valence-corrected chi connectivity index (χ2v) is 11.2. The van der Waals surface area contributed by atoms with Gasteiger partial charge in [0.05, 0.1) is 23.9 Å². The Morgan fingerprint density at radius 2 is 1.74 bits per heavy atom. The summed E-state index contributed by atoms with van der Waals surface area (Å²) >= 11 is 3.51. The molecule has 1 heterocycles.